The molecule has 8 heteroatoms. The zero-order valence-corrected chi connectivity index (χ0v) is 10.5. The summed E-state index contributed by atoms with van der Waals surface area (Å²) >= 11 is 0.704. The molecule has 0 atom stereocenters. The topological polar surface area (TPSA) is 47.8 Å². The maximum absolute atomic E-state index is 12.8. The lowest BCUT2D eigenvalue weighted by Gasteiger charge is -2.10. The first-order chi connectivity index (χ1) is 8.89. The predicted octanol–water partition coefficient (Wildman–Crippen LogP) is 2.35. The number of aryl methyl sites for hydroxylation is 1. The third kappa shape index (κ3) is 2.95. The van der Waals surface area contributed by atoms with Gasteiger partial charge < -0.3 is 4.57 Å². The van der Waals surface area contributed by atoms with Crippen molar-refractivity contribution >= 4 is 11.8 Å². The molecule has 0 bridgehead atoms. The summed E-state index contributed by atoms with van der Waals surface area (Å²) in [5.41, 5.74) is -1.41. The molecule has 19 heavy (non-hydrogen) atoms. The van der Waals surface area contributed by atoms with E-state index in [4.69, 9.17) is 0 Å². The van der Waals surface area contributed by atoms with E-state index in [9.17, 15) is 18.0 Å². The second-order valence-corrected chi connectivity index (χ2v) is 4.71. The van der Waals surface area contributed by atoms with Crippen LogP contribution in [0.1, 0.15) is 5.69 Å². The van der Waals surface area contributed by atoms with Gasteiger partial charge in [-0.05, 0) is 12.1 Å². The van der Waals surface area contributed by atoms with Gasteiger partial charge in [-0.1, -0.05) is 11.8 Å². The lowest BCUT2D eigenvalue weighted by molar-refractivity contribution is -0.143. The molecular weight excluding hydrogens is 279 g/mol. The van der Waals surface area contributed by atoms with E-state index >= 15 is 0 Å². The highest BCUT2D eigenvalue weighted by molar-refractivity contribution is 7.99. The van der Waals surface area contributed by atoms with Crippen molar-refractivity contribution in [3.05, 3.63) is 46.9 Å². The number of aromatic nitrogens is 3. The highest BCUT2D eigenvalue weighted by atomic mass is 32.2. The average molecular weight is 287 g/mol. The van der Waals surface area contributed by atoms with E-state index in [-0.39, 0.29) is 9.79 Å². The van der Waals surface area contributed by atoms with E-state index in [0.29, 0.717) is 11.8 Å². The fourth-order valence-corrected chi connectivity index (χ4v) is 2.35. The van der Waals surface area contributed by atoms with Gasteiger partial charge in [-0.3, -0.25) is 9.78 Å². The quantitative estimate of drug-likeness (QED) is 0.850. The van der Waals surface area contributed by atoms with Gasteiger partial charge in [0.25, 0.3) is 5.56 Å². The first-order valence-electron chi connectivity index (χ1n) is 5.10. The minimum atomic E-state index is -4.56. The summed E-state index contributed by atoms with van der Waals surface area (Å²) < 4.78 is 39.5. The van der Waals surface area contributed by atoms with E-state index < -0.39 is 17.4 Å². The minimum Gasteiger partial charge on any atom is -0.301 e. The van der Waals surface area contributed by atoms with Crippen molar-refractivity contribution in [3.8, 4) is 0 Å². The van der Waals surface area contributed by atoms with E-state index in [0.717, 1.165) is 6.20 Å². The monoisotopic (exact) mass is 287 g/mol. The fourth-order valence-electron chi connectivity index (χ4n) is 1.36. The van der Waals surface area contributed by atoms with Gasteiger partial charge in [-0.15, -0.1) is 0 Å². The largest absolute Gasteiger partial charge is 0.434 e. The number of hydrogen-bond donors (Lipinski definition) is 0. The molecule has 0 fully saturated rings. The average Bonchev–Trinajstić information content (AvgIpc) is 2.34. The van der Waals surface area contributed by atoms with Crippen LogP contribution in [0.4, 0.5) is 13.2 Å². The summed E-state index contributed by atoms with van der Waals surface area (Å²) in [5.74, 6) is 0. The van der Waals surface area contributed by atoms with Crippen molar-refractivity contribution in [3.63, 3.8) is 0 Å². The van der Waals surface area contributed by atoms with Crippen molar-refractivity contribution in [2.75, 3.05) is 0 Å². The van der Waals surface area contributed by atoms with Crippen LogP contribution in [0.3, 0.4) is 0 Å². The molecule has 0 saturated carbocycles. The Morgan fingerprint density at radius 3 is 2.74 bits per heavy atom. The molecule has 0 aliphatic heterocycles. The van der Waals surface area contributed by atoms with Crippen LogP contribution in [-0.4, -0.2) is 14.5 Å². The molecule has 0 aromatic carbocycles. The number of pyridine rings is 1. The van der Waals surface area contributed by atoms with Gasteiger partial charge in [0.05, 0.1) is 11.2 Å². The van der Waals surface area contributed by atoms with Crippen LogP contribution in [0.15, 0.2) is 45.4 Å². The Kier molecular flexibility index (Phi) is 3.61. The Balaban J connectivity index is 2.45. The van der Waals surface area contributed by atoms with Crippen molar-refractivity contribution in [1.29, 1.82) is 0 Å². The van der Waals surface area contributed by atoms with Gasteiger partial charge in [0.15, 0.2) is 5.69 Å². The van der Waals surface area contributed by atoms with Crippen molar-refractivity contribution in [2.24, 2.45) is 7.05 Å². The summed E-state index contributed by atoms with van der Waals surface area (Å²) in [5, 5.41) is 0. The van der Waals surface area contributed by atoms with E-state index in [1.807, 2.05) is 0 Å². The van der Waals surface area contributed by atoms with Crippen molar-refractivity contribution in [1.82, 2.24) is 14.5 Å². The van der Waals surface area contributed by atoms with E-state index in [2.05, 4.69) is 9.97 Å². The molecule has 2 heterocycles. The van der Waals surface area contributed by atoms with Gasteiger partial charge in [-0.25, -0.2) is 4.98 Å². The van der Waals surface area contributed by atoms with Gasteiger partial charge in [0, 0.05) is 24.3 Å². The zero-order chi connectivity index (χ0) is 14.0. The molecule has 0 amide bonds. The predicted molar refractivity (Wildman–Crippen MR) is 62.8 cm³/mol. The molecular formula is C11H8F3N3OS. The van der Waals surface area contributed by atoms with Crippen LogP contribution in [-0.2, 0) is 13.2 Å². The van der Waals surface area contributed by atoms with Gasteiger partial charge in [-0.2, -0.15) is 13.2 Å². The molecule has 100 valence electrons. The highest BCUT2D eigenvalue weighted by Crippen LogP contribution is 2.36. The van der Waals surface area contributed by atoms with Gasteiger partial charge in [0.1, 0.15) is 0 Å². The second kappa shape index (κ2) is 5.04. The summed E-state index contributed by atoms with van der Waals surface area (Å²) in [6.07, 6.45) is -0.967. The second-order valence-electron chi connectivity index (χ2n) is 3.62. The van der Waals surface area contributed by atoms with Crippen molar-refractivity contribution in [2.45, 2.75) is 16.0 Å². The van der Waals surface area contributed by atoms with Crippen LogP contribution in [0.25, 0.3) is 0 Å². The zero-order valence-electron chi connectivity index (χ0n) is 9.68. The molecule has 0 saturated heterocycles. The van der Waals surface area contributed by atoms with Crippen LogP contribution in [0, 0.1) is 0 Å². The first-order valence-corrected chi connectivity index (χ1v) is 5.92. The summed E-state index contributed by atoms with van der Waals surface area (Å²) in [4.78, 5) is 18.8. The van der Waals surface area contributed by atoms with Crippen molar-refractivity contribution < 1.29 is 13.2 Å². The molecule has 0 aliphatic rings. The maximum atomic E-state index is 12.8. The standard InChI is InChI=1S/C11H8F3N3OS/c1-17-6-15-5-8(10(17)18)19-7-3-2-4-16-9(7)11(12,13)14/h2-6H,1H3. The number of alkyl halides is 3. The third-order valence-electron chi connectivity index (χ3n) is 2.22. The minimum absolute atomic E-state index is 0.114. The first kappa shape index (κ1) is 13.6. The number of rotatable bonds is 2. The number of halogens is 3. The van der Waals surface area contributed by atoms with Crippen LogP contribution in [0.2, 0.25) is 0 Å². The smallest absolute Gasteiger partial charge is 0.301 e. The van der Waals surface area contributed by atoms with E-state index in [1.165, 1.54) is 36.3 Å². The molecule has 0 radical (unpaired) electrons. The van der Waals surface area contributed by atoms with Gasteiger partial charge >= 0.3 is 6.18 Å². The third-order valence-corrected chi connectivity index (χ3v) is 3.27. The lowest BCUT2D eigenvalue weighted by atomic mass is 10.3. The molecule has 0 unspecified atom stereocenters. The fraction of sp³-hybridized carbons (Fsp3) is 0.182. The van der Waals surface area contributed by atoms with E-state index in [1.54, 1.807) is 0 Å². The lowest BCUT2D eigenvalue weighted by Crippen LogP contribution is -2.18. The molecule has 2 aromatic heterocycles. The Hall–Kier alpha value is -1.83. The Morgan fingerprint density at radius 2 is 2.05 bits per heavy atom. The van der Waals surface area contributed by atoms with Crippen LogP contribution < -0.4 is 5.56 Å². The number of nitrogens with zero attached hydrogens (tertiary/aromatic N) is 3. The molecule has 0 N–H and O–H groups in total. The van der Waals surface area contributed by atoms with Crippen LogP contribution in [0.5, 0.6) is 0 Å². The molecule has 2 aromatic rings. The summed E-state index contributed by atoms with van der Waals surface area (Å²) in [6, 6.07) is 2.66. The normalized spacial score (nSPS) is 11.6. The SMILES string of the molecule is Cn1cncc(Sc2cccnc2C(F)(F)F)c1=O. The molecule has 0 spiro atoms. The molecule has 4 nitrogen and oxygen atoms in total. The Labute approximate surface area is 110 Å². The number of hydrogen-bond acceptors (Lipinski definition) is 4. The Bertz CT molecular complexity index is 654. The maximum Gasteiger partial charge on any atom is 0.434 e. The van der Waals surface area contributed by atoms with Crippen LogP contribution >= 0.6 is 11.8 Å². The van der Waals surface area contributed by atoms with Gasteiger partial charge in [0.2, 0.25) is 0 Å². The Morgan fingerprint density at radius 1 is 1.32 bits per heavy atom. The molecule has 0 aliphatic carbocycles. The highest BCUT2D eigenvalue weighted by Gasteiger charge is 2.35. The summed E-state index contributed by atoms with van der Waals surface area (Å²) in [7, 11) is 1.48. The summed E-state index contributed by atoms with van der Waals surface area (Å²) in [6.45, 7) is 0. The molecule has 2 rings (SSSR count).